The molecule has 0 spiro atoms. The largest absolute Gasteiger partial charge is 0.495 e. The molecule has 0 saturated heterocycles. The second kappa shape index (κ2) is 8.12. The lowest BCUT2D eigenvalue weighted by Gasteiger charge is -2.14. The lowest BCUT2D eigenvalue weighted by Crippen LogP contribution is -2.15. The molecule has 0 unspecified atom stereocenters. The molecule has 0 aliphatic carbocycles. The van der Waals surface area contributed by atoms with Crippen molar-refractivity contribution in [1.29, 1.82) is 0 Å². The van der Waals surface area contributed by atoms with Gasteiger partial charge in [0, 0.05) is 30.4 Å². The van der Waals surface area contributed by atoms with Gasteiger partial charge in [-0.25, -0.2) is 22.8 Å². The molecule has 0 saturated carbocycles. The van der Waals surface area contributed by atoms with Crippen LogP contribution in [0.3, 0.4) is 0 Å². The predicted octanol–water partition coefficient (Wildman–Crippen LogP) is 4.47. The van der Waals surface area contributed by atoms with Gasteiger partial charge in [0.1, 0.15) is 34.3 Å². The first-order valence-corrected chi connectivity index (χ1v) is 11.3. The summed E-state index contributed by atoms with van der Waals surface area (Å²) in [5, 5.41) is 0.608. The summed E-state index contributed by atoms with van der Waals surface area (Å²) < 4.78 is 49.2. The Morgan fingerprint density at radius 1 is 1.19 bits per heavy atom. The van der Waals surface area contributed by atoms with E-state index in [9.17, 15) is 12.8 Å². The summed E-state index contributed by atoms with van der Waals surface area (Å²) in [7, 11) is -1.28. The highest BCUT2D eigenvalue weighted by atomic mass is 35.5. The summed E-state index contributed by atoms with van der Waals surface area (Å²) in [6.07, 6.45) is 3.11. The summed E-state index contributed by atoms with van der Waals surface area (Å²) in [5.74, 6) is -0.758. The quantitative estimate of drug-likeness (QED) is 0.422. The van der Waals surface area contributed by atoms with Gasteiger partial charge in [-0.2, -0.15) is 0 Å². The van der Waals surface area contributed by atoms with Crippen LogP contribution in [-0.2, 0) is 17.1 Å². The normalized spacial score (nSPS) is 11.7. The number of aryl methyl sites for hydroxylation is 1. The predicted molar refractivity (Wildman–Crippen MR) is 122 cm³/mol. The van der Waals surface area contributed by atoms with Crippen LogP contribution < -0.4 is 15.2 Å². The van der Waals surface area contributed by atoms with E-state index in [0.717, 1.165) is 12.1 Å². The molecule has 8 nitrogen and oxygen atoms in total. The number of nitrogens with two attached hydrogens (primary N) is 1. The third kappa shape index (κ3) is 3.70. The van der Waals surface area contributed by atoms with Crippen molar-refractivity contribution in [1.82, 2.24) is 14.5 Å². The molecule has 166 valence electrons. The SMILES string of the molecule is COc1cc(F)c(S(=O)(=O)Nc2cccc(-c3cn(C)c4ncnc(N)c34)c2Cl)cc1Cl. The number of fused-ring (bicyclic) bond motifs is 1. The maximum absolute atomic E-state index is 14.5. The number of halogens is 3. The highest BCUT2D eigenvalue weighted by molar-refractivity contribution is 7.92. The fraction of sp³-hybridized carbons (Fsp3) is 0.100. The number of nitrogens with one attached hydrogen (secondary N) is 1. The van der Waals surface area contributed by atoms with E-state index in [0.29, 0.717) is 22.2 Å². The highest BCUT2D eigenvalue weighted by Crippen LogP contribution is 2.40. The van der Waals surface area contributed by atoms with Crippen LogP contribution in [0.25, 0.3) is 22.2 Å². The summed E-state index contributed by atoms with van der Waals surface area (Å²) in [5.41, 5.74) is 7.79. The van der Waals surface area contributed by atoms with Crippen LogP contribution in [-0.4, -0.2) is 30.1 Å². The van der Waals surface area contributed by atoms with E-state index in [1.165, 1.54) is 19.5 Å². The Kier molecular flexibility index (Phi) is 5.61. The molecule has 12 heteroatoms. The topological polar surface area (TPSA) is 112 Å². The molecule has 0 fully saturated rings. The minimum Gasteiger partial charge on any atom is -0.495 e. The van der Waals surface area contributed by atoms with Gasteiger partial charge < -0.3 is 15.0 Å². The minimum absolute atomic E-state index is 0.0129. The zero-order valence-corrected chi connectivity index (χ0v) is 19.1. The first-order valence-electron chi connectivity index (χ1n) is 9.04. The summed E-state index contributed by atoms with van der Waals surface area (Å²) in [6, 6.07) is 6.63. The molecule has 2 heterocycles. The van der Waals surface area contributed by atoms with Crippen LogP contribution in [0.5, 0.6) is 5.75 Å². The van der Waals surface area contributed by atoms with Crippen LogP contribution in [0.15, 0.2) is 47.8 Å². The number of ether oxygens (including phenoxy) is 1. The molecule has 0 bridgehead atoms. The number of anilines is 2. The van der Waals surface area contributed by atoms with Crippen molar-refractivity contribution in [3.63, 3.8) is 0 Å². The first-order chi connectivity index (χ1) is 15.1. The zero-order valence-electron chi connectivity index (χ0n) is 16.7. The van der Waals surface area contributed by atoms with Crippen LogP contribution in [0.1, 0.15) is 0 Å². The Labute approximate surface area is 192 Å². The first kappa shape index (κ1) is 22.1. The number of methoxy groups -OCH3 is 1. The second-order valence-electron chi connectivity index (χ2n) is 6.80. The molecular formula is C20H16Cl2FN5O3S. The summed E-state index contributed by atoms with van der Waals surface area (Å²) in [6.45, 7) is 0. The van der Waals surface area contributed by atoms with Crippen LogP contribution in [0.2, 0.25) is 10.0 Å². The molecule has 4 aromatic rings. The van der Waals surface area contributed by atoms with Gasteiger partial charge in [0.15, 0.2) is 0 Å². The fourth-order valence-electron chi connectivity index (χ4n) is 3.33. The van der Waals surface area contributed by atoms with Crippen LogP contribution in [0, 0.1) is 5.82 Å². The molecular weight excluding hydrogens is 480 g/mol. The Balaban J connectivity index is 1.81. The van der Waals surface area contributed by atoms with E-state index in [1.807, 2.05) is 0 Å². The third-order valence-electron chi connectivity index (χ3n) is 4.81. The fourth-order valence-corrected chi connectivity index (χ4v) is 5.12. The van der Waals surface area contributed by atoms with Crippen molar-refractivity contribution < 1.29 is 17.5 Å². The maximum atomic E-state index is 14.5. The molecule has 0 amide bonds. The van der Waals surface area contributed by atoms with Gasteiger partial charge >= 0.3 is 0 Å². The number of nitrogen functional groups attached to an aromatic ring is 1. The molecule has 4 rings (SSSR count). The van der Waals surface area contributed by atoms with Gasteiger partial charge in [-0.15, -0.1) is 0 Å². The lowest BCUT2D eigenvalue weighted by molar-refractivity contribution is 0.410. The van der Waals surface area contributed by atoms with E-state index >= 15 is 0 Å². The number of sulfonamides is 1. The molecule has 2 aromatic heterocycles. The third-order valence-corrected chi connectivity index (χ3v) is 6.89. The standard InChI is InChI=1S/C20H16Cl2FN5O3S/c1-28-8-11(17-19(24)25-9-26-20(17)28)10-4-3-5-14(18(10)22)27-32(29,30)16-6-12(21)15(31-2)7-13(16)23/h3-9,27H,1-2H3,(H2,24,25,26). The molecule has 2 aromatic carbocycles. The molecule has 3 N–H and O–H groups in total. The summed E-state index contributed by atoms with van der Waals surface area (Å²) >= 11 is 12.5. The molecule has 0 atom stereocenters. The van der Waals surface area contributed by atoms with Crippen molar-refractivity contribution in [3.8, 4) is 16.9 Å². The Morgan fingerprint density at radius 2 is 1.94 bits per heavy atom. The summed E-state index contributed by atoms with van der Waals surface area (Å²) in [4.78, 5) is 7.60. The Bertz CT molecular complexity index is 1470. The van der Waals surface area contributed by atoms with E-state index in [2.05, 4.69) is 14.7 Å². The van der Waals surface area contributed by atoms with E-state index in [4.69, 9.17) is 33.7 Å². The van der Waals surface area contributed by atoms with Gasteiger partial charge in [-0.3, -0.25) is 4.72 Å². The second-order valence-corrected chi connectivity index (χ2v) is 9.24. The van der Waals surface area contributed by atoms with Gasteiger partial charge in [0.05, 0.1) is 28.2 Å². The smallest absolute Gasteiger partial charge is 0.264 e. The number of rotatable bonds is 5. The number of benzene rings is 2. The van der Waals surface area contributed by atoms with Gasteiger partial charge in [-0.1, -0.05) is 35.3 Å². The highest BCUT2D eigenvalue weighted by Gasteiger charge is 2.24. The zero-order chi connectivity index (χ0) is 23.2. The average Bonchev–Trinajstić information content (AvgIpc) is 3.08. The van der Waals surface area contributed by atoms with Crippen molar-refractivity contribution in [3.05, 3.63) is 58.7 Å². The van der Waals surface area contributed by atoms with Gasteiger partial charge in [-0.05, 0) is 12.1 Å². The number of hydrogen-bond donors (Lipinski definition) is 2. The van der Waals surface area contributed by atoms with Crippen LogP contribution in [0.4, 0.5) is 15.9 Å². The van der Waals surface area contributed by atoms with E-state index in [1.54, 1.807) is 29.9 Å². The van der Waals surface area contributed by atoms with Crippen molar-refractivity contribution in [2.45, 2.75) is 4.90 Å². The van der Waals surface area contributed by atoms with Crippen molar-refractivity contribution in [2.75, 3.05) is 17.6 Å². The molecule has 32 heavy (non-hydrogen) atoms. The lowest BCUT2D eigenvalue weighted by atomic mass is 10.1. The Morgan fingerprint density at radius 3 is 2.66 bits per heavy atom. The van der Waals surface area contributed by atoms with Gasteiger partial charge in [0.2, 0.25) is 0 Å². The molecule has 0 aliphatic heterocycles. The monoisotopic (exact) mass is 495 g/mol. The number of hydrogen-bond acceptors (Lipinski definition) is 6. The van der Waals surface area contributed by atoms with E-state index < -0.39 is 20.7 Å². The van der Waals surface area contributed by atoms with Crippen molar-refractivity contribution in [2.24, 2.45) is 7.05 Å². The van der Waals surface area contributed by atoms with Gasteiger partial charge in [0.25, 0.3) is 10.0 Å². The molecule has 0 radical (unpaired) electrons. The minimum atomic E-state index is -4.36. The number of aromatic nitrogens is 3. The average molecular weight is 496 g/mol. The van der Waals surface area contributed by atoms with E-state index in [-0.39, 0.29) is 27.3 Å². The number of nitrogens with zero attached hydrogens (tertiary/aromatic N) is 3. The Hall–Kier alpha value is -3.08. The molecule has 0 aliphatic rings. The van der Waals surface area contributed by atoms with Crippen molar-refractivity contribution >= 4 is 55.8 Å². The van der Waals surface area contributed by atoms with Crippen LogP contribution >= 0.6 is 23.2 Å². The maximum Gasteiger partial charge on any atom is 0.264 e.